The lowest BCUT2D eigenvalue weighted by molar-refractivity contribution is 0.415. The predicted octanol–water partition coefficient (Wildman–Crippen LogP) is 0.949. The van der Waals surface area contributed by atoms with Crippen molar-refractivity contribution in [1.29, 1.82) is 0 Å². The average molecular weight is 298 g/mol. The van der Waals surface area contributed by atoms with Gasteiger partial charge in [0.1, 0.15) is 11.6 Å². The second-order valence-corrected chi connectivity index (χ2v) is 6.01. The molecule has 1 spiro atoms. The quantitative estimate of drug-likeness (QED) is 0.894. The first-order valence-corrected chi connectivity index (χ1v) is 7.57. The van der Waals surface area contributed by atoms with E-state index in [2.05, 4.69) is 15.5 Å². The van der Waals surface area contributed by atoms with Crippen LogP contribution in [0.5, 0.6) is 5.75 Å². The van der Waals surface area contributed by atoms with Gasteiger partial charge in [0.25, 0.3) is 5.56 Å². The maximum atomic E-state index is 12.8. The molecular formula is C16H18N4O2. The minimum atomic E-state index is -0.0426. The first kappa shape index (κ1) is 13.5. The Labute approximate surface area is 128 Å². The van der Waals surface area contributed by atoms with Gasteiger partial charge in [0, 0.05) is 24.1 Å². The number of hydrogen-bond donors (Lipinski definition) is 1. The maximum absolute atomic E-state index is 12.8. The highest BCUT2D eigenvalue weighted by molar-refractivity contribution is 5.58. The van der Waals surface area contributed by atoms with Gasteiger partial charge in [0.05, 0.1) is 7.11 Å². The molecule has 22 heavy (non-hydrogen) atoms. The molecular weight excluding hydrogens is 280 g/mol. The zero-order valence-electron chi connectivity index (χ0n) is 12.5. The molecule has 2 aliphatic rings. The summed E-state index contributed by atoms with van der Waals surface area (Å²) in [6, 6.07) is 7.35. The summed E-state index contributed by atoms with van der Waals surface area (Å²) in [6.45, 7) is 2.60. The van der Waals surface area contributed by atoms with E-state index in [1.807, 2.05) is 24.3 Å². The van der Waals surface area contributed by atoms with E-state index in [4.69, 9.17) is 4.74 Å². The van der Waals surface area contributed by atoms with Crippen LogP contribution in [0.2, 0.25) is 0 Å². The number of hydrogen-bond acceptors (Lipinski definition) is 5. The second-order valence-electron chi connectivity index (χ2n) is 6.01. The Morgan fingerprint density at radius 1 is 1.23 bits per heavy atom. The Hall–Kier alpha value is -2.21. The van der Waals surface area contributed by atoms with Crippen LogP contribution >= 0.6 is 0 Å². The number of nitrogens with one attached hydrogen (secondary N) is 1. The fourth-order valence-electron chi connectivity index (χ4n) is 3.53. The molecule has 3 heterocycles. The van der Waals surface area contributed by atoms with Gasteiger partial charge in [-0.25, -0.2) is 0 Å². The van der Waals surface area contributed by atoms with Crippen LogP contribution in [0.3, 0.4) is 0 Å². The lowest BCUT2D eigenvalue weighted by Crippen LogP contribution is -2.31. The van der Waals surface area contributed by atoms with Gasteiger partial charge >= 0.3 is 0 Å². The Morgan fingerprint density at radius 3 is 2.73 bits per heavy atom. The Morgan fingerprint density at radius 2 is 2.05 bits per heavy atom. The van der Waals surface area contributed by atoms with Crippen LogP contribution in [0.1, 0.15) is 18.7 Å². The summed E-state index contributed by atoms with van der Waals surface area (Å²) < 4.78 is 6.95. The van der Waals surface area contributed by atoms with Gasteiger partial charge in [-0.2, -0.15) is 0 Å². The number of aromatic nitrogens is 3. The Kier molecular flexibility index (Phi) is 3.00. The van der Waals surface area contributed by atoms with E-state index < -0.39 is 0 Å². The number of methoxy groups -OCH3 is 1. The number of nitrogens with zero attached hydrogens (tertiary/aromatic N) is 3. The highest BCUT2D eigenvalue weighted by Crippen LogP contribution is 2.37. The van der Waals surface area contributed by atoms with Crippen molar-refractivity contribution in [3.05, 3.63) is 40.4 Å². The number of benzene rings is 1. The smallest absolute Gasteiger partial charge is 0.280 e. The fourth-order valence-corrected chi connectivity index (χ4v) is 3.53. The molecule has 2 aliphatic heterocycles. The van der Waals surface area contributed by atoms with Gasteiger partial charge in [-0.05, 0) is 43.7 Å². The summed E-state index contributed by atoms with van der Waals surface area (Å²) in [5.74, 6) is 1.61. The molecule has 114 valence electrons. The normalized spacial score (nSPS) is 23.0. The van der Waals surface area contributed by atoms with E-state index in [0.717, 1.165) is 49.6 Å². The van der Waals surface area contributed by atoms with Crippen molar-refractivity contribution in [2.24, 2.45) is 0 Å². The molecule has 1 atom stereocenters. The van der Waals surface area contributed by atoms with E-state index >= 15 is 0 Å². The van der Waals surface area contributed by atoms with E-state index in [0.29, 0.717) is 5.69 Å². The lowest BCUT2D eigenvalue weighted by atomic mass is 9.85. The minimum Gasteiger partial charge on any atom is -0.497 e. The van der Waals surface area contributed by atoms with Crippen LogP contribution in [0.25, 0.3) is 11.3 Å². The van der Waals surface area contributed by atoms with Crippen LogP contribution in [0.4, 0.5) is 0 Å². The van der Waals surface area contributed by atoms with Crippen molar-refractivity contribution in [1.82, 2.24) is 20.1 Å². The highest BCUT2D eigenvalue weighted by atomic mass is 16.5. The van der Waals surface area contributed by atoms with Gasteiger partial charge in [-0.3, -0.25) is 9.36 Å². The van der Waals surface area contributed by atoms with Crippen molar-refractivity contribution in [3.63, 3.8) is 0 Å². The first-order chi connectivity index (χ1) is 10.7. The summed E-state index contributed by atoms with van der Waals surface area (Å²) in [7, 11) is 1.62. The summed E-state index contributed by atoms with van der Waals surface area (Å²) >= 11 is 0. The molecule has 1 N–H and O–H groups in total. The monoisotopic (exact) mass is 298 g/mol. The van der Waals surface area contributed by atoms with Crippen LogP contribution in [0, 0.1) is 0 Å². The fraction of sp³-hybridized carbons (Fsp3) is 0.438. The van der Waals surface area contributed by atoms with E-state index in [-0.39, 0.29) is 11.0 Å². The molecule has 0 radical (unpaired) electrons. The molecule has 2 aromatic rings. The minimum absolute atomic E-state index is 0.00456. The van der Waals surface area contributed by atoms with Crippen LogP contribution in [-0.4, -0.2) is 35.0 Å². The molecule has 0 bridgehead atoms. The Balaban J connectivity index is 1.79. The van der Waals surface area contributed by atoms with Crippen LogP contribution < -0.4 is 15.6 Å². The van der Waals surface area contributed by atoms with Crippen molar-refractivity contribution in [2.75, 3.05) is 20.2 Å². The van der Waals surface area contributed by atoms with Gasteiger partial charge in [0.15, 0.2) is 5.69 Å². The van der Waals surface area contributed by atoms with E-state index in [1.165, 1.54) is 0 Å². The molecule has 1 fully saturated rings. The average Bonchev–Trinajstić information content (AvgIpc) is 3.17. The SMILES string of the molecule is COc1ccc(-c2nnc3n(c2=O)CC[C@@]32CCNC2)cc1. The van der Waals surface area contributed by atoms with Crippen molar-refractivity contribution in [3.8, 4) is 17.0 Å². The second kappa shape index (κ2) is 4.91. The zero-order chi connectivity index (χ0) is 15.2. The van der Waals surface area contributed by atoms with Crippen LogP contribution in [0.15, 0.2) is 29.1 Å². The maximum Gasteiger partial charge on any atom is 0.280 e. The third-order valence-electron chi connectivity index (χ3n) is 4.84. The summed E-state index contributed by atoms with van der Waals surface area (Å²) in [6.07, 6.45) is 2.00. The van der Waals surface area contributed by atoms with E-state index in [9.17, 15) is 4.79 Å². The largest absolute Gasteiger partial charge is 0.497 e. The van der Waals surface area contributed by atoms with Crippen LogP contribution in [-0.2, 0) is 12.0 Å². The van der Waals surface area contributed by atoms with Gasteiger partial charge in [-0.1, -0.05) is 0 Å². The molecule has 0 amide bonds. The van der Waals surface area contributed by atoms with Crippen molar-refractivity contribution >= 4 is 0 Å². The van der Waals surface area contributed by atoms with Gasteiger partial charge < -0.3 is 10.1 Å². The van der Waals surface area contributed by atoms with Crippen molar-refractivity contribution < 1.29 is 4.74 Å². The lowest BCUT2D eigenvalue weighted by Gasteiger charge is -2.19. The predicted molar refractivity (Wildman–Crippen MR) is 82.1 cm³/mol. The molecule has 6 heteroatoms. The third kappa shape index (κ3) is 1.87. The molecule has 0 saturated carbocycles. The summed E-state index contributed by atoms with van der Waals surface area (Å²) in [5, 5.41) is 12.0. The van der Waals surface area contributed by atoms with E-state index in [1.54, 1.807) is 11.7 Å². The molecule has 6 nitrogen and oxygen atoms in total. The zero-order valence-corrected chi connectivity index (χ0v) is 12.5. The molecule has 4 rings (SSSR count). The summed E-state index contributed by atoms with van der Waals surface area (Å²) in [4.78, 5) is 12.8. The molecule has 0 aliphatic carbocycles. The molecule has 1 saturated heterocycles. The topological polar surface area (TPSA) is 69.0 Å². The van der Waals surface area contributed by atoms with Gasteiger partial charge in [0.2, 0.25) is 0 Å². The summed E-state index contributed by atoms with van der Waals surface area (Å²) in [5.41, 5.74) is 1.15. The highest BCUT2D eigenvalue weighted by Gasteiger charge is 2.44. The standard InChI is InChI=1S/C16H18N4O2/c1-22-12-4-2-11(3-5-12)13-14(21)20-9-7-16(6-8-17-10-16)15(20)19-18-13/h2-5,17H,6-10H2,1H3/t16-/m1/s1. The first-order valence-electron chi connectivity index (χ1n) is 7.57. The number of ether oxygens (including phenoxy) is 1. The van der Waals surface area contributed by atoms with Gasteiger partial charge in [-0.15, -0.1) is 10.2 Å². The molecule has 1 aromatic carbocycles. The van der Waals surface area contributed by atoms with Crippen molar-refractivity contribution in [2.45, 2.75) is 24.8 Å². The third-order valence-corrected chi connectivity index (χ3v) is 4.84. The number of fused-ring (bicyclic) bond motifs is 2. The molecule has 0 unspecified atom stereocenters. The number of rotatable bonds is 2. The molecule has 1 aromatic heterocycles. The Bertz CT molecular complexity index is 761.